The Balaban J connectivity index is 0. The van der Waals surface area contributed by atoms with Gasteiger partial charge in [-0.15, -0.1) is 0 Å². The third-order valence-electron chi connectivity index (χ3n) is 3.94. The summed E-state index contributed by atoms with van der Waals surface area (Å²) in [6.07, 6.45) is 11.1. The molecule has 0 bridgehead atoms. The minimum atomic E-state index is 0. The molecule has 0 aromatic heterocycles. The summed E-state index contributed by atoms with van der Waals surface area (Å²) >= 11 is 0. The van der Waals surface area contributed by atoms with Gasteiger partial charge in [-0.1, -0.05) is 53.4 Å². The predicted molar refractivity (Wildman–Crippen MR) is 79.4 cm³/mol. The molecule has 0 aliphatic carbocycles. The molecule has 1 radical (unpaired) electrons. The van der Waals surface area contributed by atoms with Gasteiger partial charge in [0.15, 0.2) is 0 Å². The van der Waals surface area contributed by atoms with Crippen molar-refractivity contribution in [3.05, 3.63) is 0 Å². The van der Waals surface area contributed by atoms with Crippen molar-refractivity contribution in [2.75, 3.05) is 26.2 Å². The van der Waals surface area contributed by atoms with Gasteiger partial charge in [-0.25, -0.2) is 0 Å². The Morgan fingerprint density at radius 2 is 0.722 bits per heavy atom. The van der Waals surface area contributed by atoms with E-state index in [0.29, 0.717) is 0 Å². The summed E-state index contributed by atoms with van der Waals surface area (Å²) in [6.45, 7) is 15.0. The average Bonchev–Trinajstić information content (AvgIpc) is 2.37. The molecule has 113 valence electrons. The van der Waals surface area contributed by atoms with Gasteiger partial charge in [-0.2, -0.15) is 0 Å². The van der Waals surface area contributed by atoms with Crippen molar-refractivity contribution in [3.8, 4) is 0 Å². The molecule has 0 aliphatic rings. The van der Waals surface area contributed by atoms with Crippen LogP contribution in [-0.4, -0.2) is 30.7 Å². The molecule has 1 nitrogen and oxygen atoms in total. The minimum Gasteiger partial charge on any atom is -0.324 e. The summed E-state index contributed by atoms with van der Waals surface area (Å²) in [5, 5.41) is 0. The molecule has 0 aromatic rings. The first-order valence-corrected chi connectivity index (χ1v) is 8.09. The zero-order valence-corrected chi connectivity index (χ0v) is 14.9. The molecule has 0 unspecified atom stereocenters. The molecule has 0 fully saturated rings. The fraction of sp³-hybridized carbons (Fsp3) is 1.00. The van der Waals surface area contributed by atoms with E-state index in [2.05, 4.69) is 27.7 Å². The van der Waals surface area contributed by atoms with Gasteiger partial charge in [-0.05, 0) is 25.7 Å². The van der Waals surface area contributed by atoms with Gasteiger partial charge in [0.1, 0.15) is 0 Å². The van der Waals surface area contributed by atoms with Gasteiger partial charge in [-0.3, -0.25) is 0 Å². The van der Waals surface area contributed by atoms with Gasteiger partial charge in [0.05, 0.1) is 26.2 Å². The van der Waals surface area contributed by atoms with Crippen molar-refractivity contribution in [3.63, 3.8) is 0 Å². The van der Waals surface area contributed by atoms with E-state index in [0.717, 1.165) is 0 Å². The van der Waals surface area contributed by atoms with Crippen LogP contribution < -0.4 is 0 Å². The van der Waals surface area contributed by atoms with E-state index >= 15 is 0 Å². The molecule has 0 heterocycles. The van der Waals surface area contributed by atoms with E-state index in [4.69, 9.17) is 0 Å². The minimum absolute atomic E-state index is 0. The van der Waals surface area contributed by atoms with Crippen molar-refractivity contribution < 1.29 is 24.0 Å². The molecule has 0 N–H and O–H groups in total. The van der Waals surface area contributed by atoms with Crippen molar-refractivity contribution >= 4 is 0 Å². The molecular weight excluding hydrogens is 309 g/mol. The maximum absolute atomic E-state index is 2.33. The third-order valence-corrected chi connectivity index (χ3v) is 3.94. The molecule has 0 saturated heterocycles. The molecule has 0 aromatic carbocycles. The summed E-state index contributed by atoms with van der Waals surface area (Å²) in [5.41, 5.74) is 0. The van der Waals surface area contributed by atoms with Crippen LogP contribution in [0.15, 0.2) is 0 Å². The van der Waals surface area contributed by atoms with Crippen LogP contribution in [0.5, 0.6) is 0 Å². The standard InChI is InChI=1S/C16H36N.Rh/c1-5-9-13-17(14-10-6-2,15-11-7-3)16-12-8-4;/h5-16H2,1-4H3;/q+1;. The van der Waals surface area contributed by atoms with Crippen LogP contribution in [0, 0.1) is 0 Å². The Bertz CT molecular complexity index is 122. The molecule has 0 rings (SSSR count). The molecule has 2 heteroatoms. The topological polar surface area (TPSA) is 0 Å². The van der Waals surface area contributed by atoms with Crippen molar-refractivity contribution in [2.45, 2.75) is 79.1 Å². The van der Waals surface area contributed by atoms with Gasteiger partial charge < -0.3 is 4.48 Å². The van der Waals surface area contributed by atoms with Crippen molar-refractivity contribution in [1.29, 1.82) is 0 Å². The van der Waals surface area contributed by atoms with E-state index in [1.807, 2.05) is 0 Å². The van der Waals surface area contributed by atoms with E-state index in [1.165, 1.54) is 82.0 Å². The fourth-order valence-corrected chi connectivity index (χ4v) is 2.64. The first-order chi connectivity index (χ1) is 8.24. The molecule has 0 aliphatic heterocycles. The molecular formula is C16H36NRh+. The smallest absolute Gasteiger partial charge is 0.0786 e. The zero-order chi connectivity index (χ0) is 13.0. The second-order valence-corrected chi connectivity index (χ2v) is 5.65. The summed E-state index contributed by atoms with van der Waals surface area (Å²) in [5.74, 6) is 0. The van der Waals surface area contributed by atoms with E-state index in [9.17, 15) is 0 Å². The number of quaternary nitrogens is 1. The second kappa shape index (κ2) is 14.0. The maximum Gasteiger partial charge on any atom is 0.0786 e. The van der Waals surface area contributed by atoms with Gasteiger partial charge in [0.25, 0.3) is 0 Å². The molecule has 0 spiro atoms. The first kappa shape index (κ1) is 20.9. The number of hydrogen-bond donors (Lipinski definition) is 0. The quantitative estimate of drug-likeness (QED) is 0.345. The average molecular weight is 345 g/mol. The van der Waals surface area contributed by atoms with Gasteiger partial charge in [0.2, 0.25) is 0 Å². The molecule has 0 amide bonds. The van der Waals surface area contributed by atoms with Crippen LogP contribution in [0.3, 0.4) is 0 Å². The second-order valence-electron chi connectivity index (χ2n) is 5.65. The Kier molecular flexibility index (Phi) is 16.3. The zero-order valence-electron chi connectivity index (χ0n) is 13.3. The first-order valence-electron chi connectivity index (χ1n) is 8.09. The Labute approximate surface area is 129 Å². The Morgan fingerprint density at radius 1 is 0.500 bits per heavy atom. The Hall–Kier alpha value is 0.583. The number of hydrogen-bond acceptors (Lipinski definition) is 0. The molecule has 18 heavy (non-hydrogen) atoms. The van der Waals surface area contributed by atoms with E-state index < -0.39 is 0 Å². The van der Waals surface area contributed by atoms with Crippen LogP contribution in [0.2, 0.25) is 0 Å². The summed E-state index contributed by atoms with van der Waals surface area (Å²) in [7, 11) is 0. The van der Waals surface area contributed by atoms with Crippen molar-refractivity contribution in [2.24, 2.45) is 0 Å². The van der Waals surface area contributed by atoms with Crippen LogP contribution in [0.25, 0.3) is 0 Å². The summed E-state index contributed by atoms with van der Waals surface area (Å²) in [6, 6.07) is 0. The molecule has 0 atom stereocenters. The normalized spacial score (nSPS) is 11.3. The fourth-order valence-electron chi connectivity index (χ4n) is 2.64. The number of rotatable bonds is 12. The Morgan fingerprint density at radius 3 is 0.889 bits per heavy atom. The predicted octanol–water partition coefficient (Wildman–Crippen LogP) is 5.00. The third kappa shape index (κ3) is 9.51. The van der Waals surface area contributed by atoms with Gasteiger partial charge in [0, 0.05) is 19.5 Å². The monoisotopic (exact) mass is 345 g/mol. The van der Waals surface area contributed by atoms with Crippen LogP contribution >= 0.6 is 0 Å². The SMILES string of the molecule is CCCC[N+](CCCC)(CCCC)CCCC.[Rh]. The van der Waals surface area contributed by atoms with Crippen LogP contribution in [0.4, 0.5) is 0 Å². The number of nitrogens with zero attached hydrogens (tertiary/aromatic N) is 1. The maximum atomic E-state index is 2.33. The summed E-state index contributed by atoms with van der Waals surface area (Å²) < 4.78 is 1.42. The largest absolute Gasteiger partial charge is 0.324 e. The number of unbranched alkanes of at least 4 members (excludes halogenated alkanes) is 4. The van der Waals surface area contributed by atoms with E-state index in [-0.39, 0.29) is 19.5 Å². The van der Waals surface area contributed by atoms with Crippen molar-refractivity contribution in [1.82, 2.24) is 0 Å². The van der Waals surface area contributed by atoms with Gasteiger partial charge >= 0.3 is 0 Å². The van der Waals surface area contributed by atoms with E-state index in [1.54, 1.807) is 0 Å². The summed E-state index contributed by atoms with van der Waals surface area (Å²) in [4.78, 5) is 0. The molecule has 0 saturated carbocycles. The van der Waals surface area contributed by atoms with Crippen LogP contribution in [-0.2, 0) is 19.5 Å². The van der Waals surface area contributed by atoms with Crippen LogP contribution in [0.1, 0.15) is 79.1 Å².